The number of β-amino-alcohol motifs (C(OH)–C–C–N with tert-alkyl or cyclic N) is 1. The summed E-state index contributed by atoms with van der Waals surface area (Å²) in [6.45, 7) is 3.80. The number of anilines is 2. The second-order valence-corrected chi connectivity index (χ2v) is 8.70. The molecule has 1 N–H and O–H groups in total. The minimum Gasteiger partial charge on any atom is -0.391 e. The molecule has 2 heterocycles. The van der Waals surface area contributed by atoms with Gasteiger partial charge in [0.1, 0.15) is 5.82 Å². The molecule has 0 aliphatic carbocycles. The van der Waals surface area contributed by atoms with E-state index in [-0.39, 0.29) is 22.9 Å². The van der Waals surface area contributed by atoms with Crippen LogP contribution in [-0.4, -0.2) is 72.0 Å². The normalized spacial score (nSPS) is 18.7. The van der Waals surface area contributed by atoms with Crippen LogP contribution >= 0.6 is 0 Å². The standard InChI is InChI=1S/C24H27FN4O5/c1-16(30)17-4-6-23(21(25)13-17)26-9-11-27(12-10-26)24(32)20-14-18(29(33)34)5-7-22(20)28-8-2-3-19(31)15-28/h4-7,13-14,19,31H,2-3,8-12,15H2,1H3. The van der Waals surface area contributed by atoms with Crippen molar-refractivity contribution in [3.8, 4) is 0 Å². The Bertz CT molecular complexity index is 1120. The fourth-order valence-electron chi connectivity index (χ4n) is 4.56. The molecule has 0 aromatic heterocycles. The summed E-state index contributed by atoms with van der Waals surface area (Å²) in [5.41, 5.74) is 1.30. The van der Waals surface area contributed by atoms with Gasteiger partial charge in [-0.15, -0.1) is 0 Å². The number of nitrogens with zero attached hydrogens (tertiary/aromatic N) is 4. The zero-order chi connectivity index (χ0) is 24.4. The third-order valence-electron chi connectivity index (χ3n) is 6.42. The smallest absolute Gasteiger partial charge is 0.270 e. The van der Waals surface area contributed by atoms with Gasteiger partial charge in [-0.3, -0.25) is 19.7 Å². The summed E-state index contributed by atoms with van der Waals surface area (Å²) < 4.78 is 14.6. The maximum atomic E-state index is 14.6. The van der Waals surface area contributed by atoms with Crippen molar-refractivity contribution in [1.29, 1.82) is 0 Å². The first-order valence-corrected chi connectivity index (χ1v) is 11.3. The van der Waals surface area contributed by atoms with Gasteiger partial charge in [0, 0.05) is 57.0 Å². The number of aliphatic hydroxyl groups excluding tert-OH is 1. The van der Waals surface area contributed by atoms with Crippen molar-refractivity contribution >= 4 is 28.8 Å². The van der Waals surface area contributed by atoms with Crippen LogP contribution in [0.15, 0.2) is 36.4 Å². The Morgan fingerprint density at radius 2 is 1.74 bits per heavy atom. The van der Waals surface area contributed by atoms with E-state index in [4.69, 9.17) is 0 Å². The van der Waals surface area contributed by atoms with Crippen LogP contribution in [0.2, 0.25) is 0 Å². The van der Waals surface area contributed by atoms with Gasteiger partial charge in [0.2, 0.25) is 0 Å². The molecule has 10 heteroatoms. The third-order valence-corrected chi connectivity index (χ3v) is 6.42. The molecule has 34 heavy (non-hydrogen) atoms. The van der Waals surface area contributed by atoms with Crippen molar-refractivity contribution < 1.29 is 24.0 Å². The highest BCUT2D eigenvalue weighted by molar-refractivity contribution is 6.00. The van der Waals surface area contributed by atoms with E-state index in [1.807, 2.05) is 9.80 Å². The van der Waals surface area contributed by atoms with Gasteiger partial charge in [-0.05, 0) is 44.0 Å². The number of rotatable bonds is 5. The van der Waals surface area contributed by atoms with Crippen LogP contribution in [-0.2, 0) is 0 Å². The zero-order valence-electron chi connectivity index (χ0n) is 18.9. The number of halogens is 1. The van der Waals surface area contributed by atoms with Crippen LogP contribution in [0.5, 0.6) is 0 Å². The summed E-state index contributed by atoms with van der Waals surface area (Å²) in [6, 6.07) is 8.62. The Morgan fingerprint density at radius 3 is 2.35 bits per heavy atom. The number of Topliss-reactive ketones (excluding diaryl/α,β-unsaturated/α-hetero) is 1. The second-order valence-electron chi connectivity index (χ2n) is 8.70. The van der Waals surface area contributed by atoms with Crippen molar-refractivity contribution in [1.82, 2.24) is 4.90 Å². The van der Waals surface area contributed by atoms with E-state index in [0.717, 1.165) is 6.42 Å². The molecule has 0 saturated carbocycles. The minimum absolute atomic E-state index is 0.170. The number of amides is 1. The summed E-state index contributed by atoms with van der Waals surface area (Å²) in [6.07, 6.45) is 0.927. The van der Waals surface area contributed by atoms with Gasteiger partial charge >= 0.3 is 0 Å². The lowest BCUT2D eigenvalue weighted by molar-refractivity contribution is -0.384. The van der Waals surface area contributed by atoms with E-state index in [9.17, 15) is 29.2 Å². The predicted molar refractivity (Wildman–Crippen MR) is 125 cm³/mol. The van der Waals surface area contributed by atoms with Crippen LogP contribution in [0, 0.1) is 15.9 Å². The van der Waals surface area contributed by atoms with Gasteiger partial charge in [0.05, 0.1) is 28.0 Å². The van der Waals surface area contributed by atoms with Crippen molar-refractivity contribution in [2.45, 2.75) is 25.9 Å². The summed E-state index contributed by atoms with van der Waals surface area (Å²) >= 11 is 0. The van der Waals surface area contributed by atoms with Crippen molar-refractivity contribution in [3.05, 3.63) is 63.5 Å². The number of nitro benzene ring substituents is 1. The van der Waals surface area contributed by atoms with Gasteiger partial charge in [-0.25, -0.2) is 4.39 Å². The molecule has 2 aliphatic heterocycles. The molecule has 1 atom stereocenters. The van der Waals surface area contributed by atoms with Crippen molar-refractivity contribution in [2.24, 2.45) is 0 Å². The number of hydrogen-bond acceptors (Lipinski definition) is 7. The Morgan fingerprint density at radius 1 is 1.03 bits per heavy atom. The van der Waals surface area contributed by atoms with Crippen LogP contribution in [0.4, 0.5) is 21.5 Å². The average Bonchev–Trinajstić information content (AvgIpc) is 2.83. The molecule has 1 unspecified atom stereocenters. The first kappa shape index (κ1) is 23.6. The molecule has 1 amide bonds. The molecule has 2 fully saturated rings. The zero-order valence-corrected chi connectivity index (χ0v) is 18.9. The summed E-state index contributed by atoms with van der Waals surface area (Å²) in [5.74, 6) is -1.03. The maximum absolute atomic E-state index is 14.6. The molecule has 2 aromatic carbocycles. The van der Waals surface area contributed by atoms with Gasteiger partial charge in [-0.1, -0.05) is 0 Å². The average molecular weight is 471 g/mol. The van der Waals surface area contributed by atoms with Crippen molar-refractivity contribution in [3.63, 3.8) is 0 Å². The van der Waals surface area contributed by atoms with Crippen LogP contribution in [0.1, 0.15) is 40.5 Å². The lowest BCUT2D eigenvalue weighted by Crippen LogP contribution is -2.49. The van der Waals surface area contributed by atoms with Crippen LogP contribution in [0.3, 0.4) is 0 Å². The Hall–Kier alpha value is -3.53. The van der Waals surface area contributed by atoms with E-state index < -0.39 is 16.8 Å². The quantitative estimate of drug-likeness (QED) is 0.407. The summed E-state index contributed by atoms with van der Waals surface area (Å²) in [5, 5.41) is 21.4. The Kier molecular flexibility index (Phi) is 6.78. The second kappa shape index (κ2) is 9.76. The van der Waals surface area contributed by atoms with E-state index in [1.165, 1.54) is 25.1 Å². The highest BCUT2D eigenvalue weighted by Gasteiger charge is 2.29. The first-order valence-electron chi connectivity index (χ1n) is 11.3. The number of piperazine rings is 1. The number of benzene rings is 2. The summed E-state index contributed by atoms with van der Waals surface area (Å²) in [4.78, 5) is 41.1. The lowest BCUT2D eigenvalue weighted by Gasteiger charge is -2.37. The van der Waals surface area contributed by atoms with Crippen molar-refractivity contribution in [2.75, 3.05) is 49.1 Å². The topological polar surface area (TPSA) is 107 Å². The first-order chi connectivity index (χ1) is 16.2. The Balaban J connectivity index is 1.53. The molecule has 180 valence electrons. The fourth-order valence-corrected chi connectivity index (χ4v) is 4.56. The van der Waals surface area contributed by atoms with Gasteiger partial charge in [0.15, 0.2) is 5.78 Å². The predicted octanol–water partition coefficient (Wildman–Crippen LogP) is 2.86. The number of carbonyl (C=O) groups excluding carboxylic acids is 2. The highest BCUT2D eigenvalue weighted by atomic mass is 19.1. The SMILES string of the molecule is CC(=O)c1ccc(N2CCN(C(=O)c3cc([N+](=O)[O-])ccc3N3CCCC(O)C3)CC2)c(F)c1. The molecular weight excluding hydrogens is 443 g/mol. The molecule has 0 radical (unpaired) electrons. The van der Waals surface area contributed by atoms with Gasteiger partial charge in [0.25, 0.3) is 11.6 Å². The van der Waals surface area contributed by atoms with Crippen LogP contribution in [0.25, 0.3) is 0 Å². The number of ketones is 1. The summed E-state index contributed by atoms with van der Waals surface area (Å²) in [7, 11) is 0. The lowest BCUT2D eigenvalue weighted by atomic mass is 10.0. The molecular formula is C24H27FN4O5. The number of non-ortho nitro benzene ring substituents is 1. The maximum Gasteiger partial charge on any atom is 0.270 e. The molecule has 2 aliphatic rings. The number of nitro groups is 1. The van der Waals surface area contributed by atoms with E-state index >= 15 is 0 Å². The fraction of sp³-hybridized carbons (Fsp3) is 0.417. The molecule has 2 aromatic rings. The van der Waals surface area contributed by atoms with E-state index in [2.05, 4.69) is 0 Å². The number of hydrogen-bond donors (Lipinski definition) is 1. The third kappa shape index (κ3) is 4.86. The van der Waals surface area contributed by atoms with E-state index in [0.29, 0.717) is 62.6 Å². The Labute approximate surface area is 196 Å². The monoisotopic (exact) mass is 470 g/mol. The largest absolute Gasteiger partial charge is 0.391 e. The van der Waals surface area contributed by atoms with Gasteiger partial charge in [-0.2, -0.15) is 0 Å². The van der Waals surface area contributed by atoms with Gasteiger partial charge < -0.3 is 19.8 Å². The molecule has 0 bridgehead atoms. The molecule has 0 spiro atoms. The van der Waals surface area contributed by atoms with Crippen LogP contribution < -0.4 is 9.80 Å². The van der Waals surface area contributed by atoms with E-state index in [1.54, 1.807) is 23.1 Å². The highest BCUT2D eigenvalue weighted by Crippen LogP contribution is 2.30. The molecule has 4 rings (SSSR count). The molecule has 9 nitrogen and oxygen atoms in total. The molecule has 2 saturated heterocycles. The minimum atomic E-state index is -0.531. The number of carbonyl (C=O) groups is 2. The number of piperidine rings is 1. The number of aliphatic hydroxyl groups is 1.